The van der Waals surface area contributed by atoms with Crippen molar-refractivity contribution in [2.45, 2.75) is 44.6 Å². The molecule has 0 aliphatic carbocycles. The topological polar surface area (TPSA) is 136 Å². The van der Waals surface area contributed by atoms with Gasteiger partial charge in [0.1, 0.15) is 24.1 Å². The van der Waals surface area contributed by atoms with Crippen LogP contribution in [0.2, 0.25) is 0 Å². The van der Waals surface area contributed by atoms with Crippen LogP contribution in [0.15, 0.2) is 36.7 Å². The Labute approximate surface area is 190 Å². The molecule has 13 heteroatoms. The maximum Gasteiger partial charge on any atom is 0.433 e. The van der Waals surface area contributed by atoms with Gasteiger partial charge < -0.3 is 16.0 Å². The number of halogens is 3. The molecule has 4 heterocycles. The minimum absolute atomic E-state index is 0.00964. The molecule has 10 nitrogen and oxygen atoms in total. The Morgan fingerprint density at radius 3 is 2.68 bits per heavy atom. The van der Waals surface area contributed by atoms with Crippen molar-refractivity contribution in [3.63, 3.8) is 0 Å². The number of nitrogens with zero attached hydrogens (tertiary/aromatic N) is 5. The molecule has 2 atom stereocenters. The smallest absolute Gasteiger partial charge is 0.364 e. The summed E-state index contributed by atoms with van der Waals surface area (Å²) >= 11 is 0. The second-order valence-corrected chi connectivity index (χ2v) is 7.90. The fourth-order valence-corrected chi connectivity index (χ4v) is 4.07. The van der Waals surface area contributed by atoms with Crippen LogP contribution in [-0.2, 0) is 22.3 Å². The zero-order valence-electron chi connectivity index (χ0n) is 17.9. The molecule has 3 amide bonds. The number of amides is 3. The molecule has 178 valence electrons. The summed E-state index contributed by atoms with van der Waals surface area (Å²) < 4.78 is 40.1. The molecule has 0 unspecified atom stereocenters. The Kier molecular flexibility index (Phi) is 5.94. The standard InChI is InChI=1S/C21H20F3N7O3/c1-11-5-6-13(20(34)28-16-4-2-3-15(27-16)21(22,23)24)31(11)17(32)10-30-14-9-26-8-7-12(14)18(29-30)19(25)33/h2-4,7-9,11,13H,5-6,10H2,1H3,(H2,25,33)(H,27,28,34)/t11-,13+/m1/s1. The van der Waals surface area contributed by atoms with E-state index in [1.807, 2.05) is 0 Å². The molecule has 0 spiro atoms. The van der Waals surface area contributed by atoms with Crippen LogP contribution in [-0.4, -0.2) is 54.5 Å². The van der Waals surface area contributed by atoms with Gasteiger partial charge in [-0.3, -0.25) is 24.0 Å². The number of nitrogens with two attached hydrogens (primary N) is 1. The number of hydrogen-bond donors (Lipinski definition) is 2. The van der Waals surface area contributed by atoms with Crippen LogP contribution in [0.5, 0.6) is 0 Å². The average Bonchev–Trinajstić information content (AvgIpc) is 3.34. The molecule has 1 aliphatic rings. The van der Waals surface area contributed by atoms with Gasteiger partial charge >= 0.3 is 6.18 Å². The Bertz CT molecular complexity index is 1270. The molecule has 4 rings (SSSR count). The molecule has 0 radical (unpaired) electrons. The van der Waals surface area contributed by atoms with Crippen molar-refractivity contribution in [2.24, 2.45) is 5.73 Å². The zero-order chi connectivity index (χ0) is 24.6. The van der Waals surface area contributed by atoms with Crippen molar-refractivity contribution in [1.82, 2.24) is 24.6 Å². The van der Waals surface area contributed by atoms with E-state index in [9.17, 15) is 27.6 Å². The van der Waals surface area contributed by atoms with E-state index >= 15 is 0 Å². The van der Waals surface area contributed by atoms with Crippen molar-refractivity contribution in [1.29, 1.82) is 0 Å². The Hall–Kier alpha value is -4.03. The number of pyridine rings is 2. The predicted octanol–water partition coefficient (Wildman–Crippen LogP) is 1.96. The number of aromatic nitrogens is 4. The largest absolute Gasteiger partial charge is 0.433 e. The van der Waals surface area contributed by atoms with Gasteiger partial charge in [-0.25, -0.2) is 4.98 Å². The first-order chi connectivity index (χ1) is 16.1. The molecule has 0 bridgehead atoms. The highest BCUT2D eigenvalue weighted by Crippen LogP contribution is 2.29. The molecule has 3 aromatic heterocycles. The minimum atomic E-state index is -4.66. The van der Waals surface area contributed by atoms with Crippen molar-refractivity contribution >= 4 is 34.4 Å². The summed E-state index contributed by atoms with van der Waals surface area (Å²) in [7, 11) is 0. The molecule has 0 saturated carbocycles. The van der Waals surface area contributed by atoms with E-state index in [0.717, 1.165) is 12.1 Å². The van der Waals surface area contributed by atoms with Gasteiger partial charge in [0.05, 0.1) is 11.7 Å². The molecular weight excluding hydrogens is 455 g/mol. The van der Waals surface area contributed by atoms with E-state index in [4.69, 9.17) is 5.73 Å². The lowest BCUT2D eigenvalue weighted by atomic mass is 10.2. The van der Waals surface area contributed by atoms with Crippen molar-refractivity contribution in [3.05, 3.63) is 48.0 Å². The first-order valence-electron chi connectivity index (χ1n) is 10.3. The monoisotopic (exact) mass is 475 g/mol. The maximum absolute atomic E-state index is 13.2. The summed E-state index contributed by atoms with van der Waals surface area (Å²) in [4.78, 5) is 46.6. The molecule has 1 fully saturated rings. The third-order valence-corrected chi connectivity index (χ3v) is 5.62. The van der Waals surface area contributed by atoms with E-state index in [1.165, 1.54) is 28.0 Å². The third kappa shape index (κ3) is 4.40. The molecule has 3 N–H and O–H groups in total. The number of fused-ring (bicyclic) bond motifs is 1. The number of carbonyl (C=O) groups excluding carboxylic acids is 3. The summed E-state index contributed by atoms with van der Waals surface area (Å²) in [5.41, 5.74) is 4.66. The maximum atomic E-state index is 13.2. The number of carbonyl (C=O) groups is 3. The number of hydrogen-bond acceptors (Lipinski definition) is 6. The van der Waals surface area contributed by atoms with Crippen LogP contribution in [0.1, 0.15) is 35.9 Å². The second-order valence-electron chi connectivity index (χ2n) is 7.90. The highest BCUT2D eigenvalue weighted by atomic mass is 19.4. The SMILES string of the molecule is C[C@@H]1CC[C@@H](C(=O)Nc2cccc(C(F)(F)F)n2)N1C(=O)Cn1nc(C(N)=O)c2ccncc21. The summed E-state index contributed by atoms with van der Waals surface area (Å²) in [5.74, 6) is -2.12. The van der Waals surface area contributed by atoms with E-state index in [2.05, 4.69) is 20.4 Å². The van der Waals surface area contributed by atoms with E-state index < -0.39 is 35.6 Å². The number of primary amides is 1. The van der Waals surface area contributed by atoms with Gasteiger partial charge in [-0.1, -0.05) is 6.07 Å². The van der Waals surface area contributed by atoms with E-state index in [0.29, 0.717) is 23.7 Å². The van der Waals surface area contributed by atoms with Crippen LogP contribution in [0.3, 0.4) is 0 Å². The van der Waals surface area contributed by atoms with Crippen LogP contribution >= 0.6 is 0 Å². The Balaban J connectivity index is 1.55. The van der Waals surface area contributed by atoms with Gasteiger partial charge in [0, 0.05) is 17.6 Å². The number of anilines is 1. The minimum Gasteiger partial charge on any atom is -0.364 e. The number of alkyl halides is 3. The van der Waals surface area contributed by atoms with Gasteiger partial charge in [-0.2, -0.15) is 18.3 Å². The summed E-state index contributed by atoms with van der Waals surface area (Å²) in [6.45, 7) is 1.48. The van der Waals surface area contributed by atoms with Crippen molar-refractivity contribution in [3.8, 4) is 0 Å². The first kappa shape index (κ1) is 23.1. The molecule has 34 heavy (non-hydrogen) atoms. The molecular formula is C21H20F3N7O3. The molecule has 0 aromatic carbocycles. The van der Waals surface area contributed by atoms with Crippen LogP contribution in [0.25, 0.3) is 10.9 Å². The lowest BCUT2D eigenvalue weighted by molar-refractivity contribution is -0.141. The predicted molar refractivity (Wildman–Crippen MR) is 113 cm³/mol. The van der Waals surface area contributed by atoms with Crippen molar-refractivity contribution in [2.75, 3.05) is 5.32 Å². The quantitative estimate of drug-likeness (QED) is 0.579. The van der Waals surface area contributed by atoms with Crippen LogP contribution in [0, 0.1) is 0 Å². The lowest BCUT2D eigenvalue weighted by Crippen LogP contribution is -2.47. The summed E-state index contributed by atoms with van der Waals surface area (Å²) in [5, 5.41) is 6.95. The average molecular weight is 475 g/mol. The highest BCUT2D eigenvalue weighted by molar-refractivity contribution is 6.04. The van der Waals surface area contributed by atoms with Gasteiger partial charge in [0.2, 0.25) is 11.8 Å². The van der Waals surface area contributed by atoms with Crippen LogP contribution in [0.4, 0.5) is 19.0 Å². The molecule has 3 aromatic rings. The Morgan fingerprint density at radius 1 is 1.21 bits per heavy atom. The van der Waals surface area contributed by atoms with Gasteiger partial charge in [0.25, 0.3) is 5.91 Å². The van der Waals surface area contributed by atoms with Gasteiger partial charge in [0.15, 0.2) is 5.69 Å². The van der Waals surface area contributed by atoms with E-state index in [-0.39, 0.29) is 24.1 Å². The Morgan fingerprint density at radius 2 is 1.97 bits per heavy atom. The lowest BCUT2D eigenvalue weighted by Gasteiger charge is -2.28. The van der Waals surface area contributed by atoms with Crippen molar-refractivity contribution < 1.29 is 27.6 Å². The summed E-state index contributed by atoms with van der Waals surface area (Å²) in [6, 6.07) is 3.53. The van der Waals surface area contributed by atoms with Gasteiger partial charge in [-0.15, -0.1) is 0 Å². The second kappa shape index (κ2) is 8.72. The zero-order valence-corrected chi connectivity index (χ0v) is 17.9. The summed E-state index contributed by atoms with van der Waals surface area (Å²) in [6.07, 6.45) is -0.901. The van der Waals surface area contributed by atoms with E-state index in [1.54, 1.807) is 13.0 Å². The fraction of sp³-hybridized carbons (Fsp3) is 0.333. The molecule has 1 aliphatic heterocycles. The third-order valence-electron chi connectivity index (χ3n) is 5.62. The number of nitrogens with one attached hydrogen (secondary N) is 1. The number of rotatable bonds is 5. The van der Waals surface area contributed by atoms with Gasteiger partial charge in [-0.05, 0) is 38.0 Å². The normalized spacial score (nSPS) is 18.3. The molecule has 1 saturated heterocycles. The van der Waals surface area contributed by atoms with Crippen LogP contribution < -0.4 is 11.1 Å². The highest BCUT2D eigenvalue weighted by Gasteiger charge is 2.39. The first-order valence-corrected chi connectivity index (χ1v) is 10.3. The fourth-order valence-electron chi connectivity index (χ4n) is 4.07. The number of likely N-dealkylation sites (tertiary alicyclic amines) is 1.